The zero-order valence-corrected chi connectivity index (χ0v) is 9.76. The summed E-state index contributed by atoms with van der Waals surface area (Å²) in [4.78, 5) is 14.8. The Balaban J connectivity index is 2.34. The van der Waals surface area contributed by atoms with Crippen LogP contribution in [0.25, 0.3) is 10.6 Å². The van der Waals surface area contributed by atoms with Gasteiger partial charge in [0, 0.05) is 5.56 Å². The van der Waals surface area contributed by atoms with Crippen molar-refractivity contribution in [2.24, 2.45) is 0 Å². The molecule has 82 valence electrons. The molecule has 0 fully saturated rings. The fourth-order valence-corrected chi connectivity index (χ4v) is 2.43. The molecule has 0 saturated carbocycles. The summed E-state index contributed by atoms with van der Waals surface area (Å²) in [6.45, 7) is 0. The van der Waals surface area contributed by atoms with Crippen LogP contribution in [0.15, 0.2) is 30.3 Å². The number of thiazole rings is 1. The molecule has 5 heteroatoms. The van der Waals surface area contributed by atoms with Gasteiger partial charge in [0.2, 0.25) is 0 Å². The quantitative estimate of drug-likeness (QED) is 0.915. The highest BCUT2D eigenvalue weighted by molar-refractivity contribution is 7.19. The summed E-state index contributed by atoms with van der Waals surface area (Å²) < 4.78 is 0.446. The Morgan fingerprint density at radius 3 is 2.69 bits per heavy atom. The lowest BCUT2D eigenvalue weighted by Crippen LogP contribution is -2.00. The first-order valence-corrected chi connectivity index (χ1v) is 5.78. The molecular weight excluding hydrogens is 246 g/mol. The molecule has 3 nitrogen and oxygen atoms in total. The van der Waals surface area contributed by atoms with E-state index in [0.717, 1.165) is 10.6 Å². The molecule has 1 N–H and O–H groups in total. The molecule has 0 amide bonds. The Hall–Kier alpha value is -1.39. The van der Waals surface area contributed by atoms with Crippen molar-refractivity contribution >= 4 is 28.9 Å². The second kappa shape index (κ2) is 4.63. The first-order valence-electron chi connectivity index (χ1n) is 4.59. The van der Waals surface area contributed by atoms with Gasteiger partial charge in [0.15, 0.2) is 0 Å². The maximum atomic E-state index is 10.6. The smallest absolute Gasteiger partial charge is 0.309 e. The number of aromatic nitrogens is 1. The standard InChI is InChI=1S/C11H8ClNO2S/c12-10-8(6-9(14)15)13-11(16-10)7-4-2-1-3-5-7/h1-5H,6H2,(H,14,15). The third kappa shape index (κ3) is 2.40. The van der Waals surface area contributed by atoms with Gasteiger partial charge in [-0.05, 0) is 0 Å². The lowest BCUT2D eigenvalue weighted by molar-refractivity contribution is -0.136. The molecule has 0 aliphatic heterocycles. The number of hydrogen-bond acceptors (Lipinski definition) is 3. The van der Waals surface area contributed by atoms with Crippen molar-refractivity contribution in [3.8, 4) is 10.6 Å². The van der Waals surface area contributed by atoms with E-state index in [2.05, 4.69) is 4.98 Å². The summed E-state index contributed by atoms with van der Waals surface area (Å²) in [5, 5.41) is 9.43. The van der Waals surface area contributed by atoms with E-state index in [1.165, 1.54) is 11.3 Å². The van der Waals surface area contributed by atoms with Gasteiger partial charge in [-0.3, -0.25) is 4.79 Å². The second-order valence-corrected chi connectivity index (χ2v) is 4.78. The highest BCUT2D eigenvalue weighted by Gasteiger charge is 2.13. The Kier molecular flexibility index (Phi) is 3.22. The minimum atomic E-state index is -0.924. The molecule has 0 atom stereocenters. The monoisotopic (exact) mass is 253 g/mol. The third-order valence-corrected chi connectivity index (χ3v) is 3.37. The van der Waals surface area contributed by atoms with Crippen molar-refractivity contribution in [2.75, 3.05) is 0 Å². The van der Waals surface area contributed by atoms with Crippen LogP contribution < -0.4 is 0 Å². The normalized spacial score (nSPS) is 10.3. The third-order valence-electron chi connectivity index (χ3n) is 1.99. The molecule has 1 aromatic carbocycles. The molecule has 2 rings (SSSR count). The largest absolute Gasteiger partial charge is 0.481 e. The Bertz CT molecular complexity index is 510. The lowest BCUT2D eigenvalue weighted by Gasteiger charge is -1.93. The molecule has 0 radical (unpaired) electrons. The molecule has 0 unspecified atom stereocenters. The van der Waals surface area contributed by atoms with E-state index in [4.69, 9.17) is 16.7 Å². The van der Waals surface area contributed by atoms with Gasteiger partial charge in [0.05, 0.1) is 12.1 Å². The van der Waals surface area contributed by atoms with Gasteiger partial charge < -0.3 is 5.11 Å². The first kappa shape index (κ1) is 11.1. The summed E-state index contributed by atoms with van der Waals surface area (Å²) in [7, 11) is 0. The molecule has 0 bridgehead atoms. The van der Waals surface area contributed by atoms with Crippen LogP contribution in [-0.2, 0) is 11.2 Å². The Labute approximate surface area is 101 Å². The number of rotatable bonds is 3. The van der Waals surface area contributed by atoms with Crippen LogP contribution >= 0.6 is 22.9 Å². The van der Waals surface area contributed by atoms with E-state index in [-0.39, 0.29) is 6.42 Å². The average molecular weight is 254 g/mol. The number of nitrogens with zero attached hydrogens (tertiary/aromatic N) is 1. The van der Waals surface area contributed by atoms with Crippen LogP contribution in [0.1, 0.15) is 5.69 Å². The van der Waals surface area contributed by atoms with Gasteiger partial charge in [-0.15, -0.1) is 11.3 Å². The fourth-order valence-electron chi connectivity index (χ4n) is 1.29. The van der Waals surface area contributed by atoms with Gasteiger partial charge >= 0.3 is 5.97 Å². The van der Waals surface area contributed by atoms with Crippen molar-refractivity contribution < 1.29 is 9.90 Å². The van der Waals surface area contributed by atoms with Gasteiger partial charge in [-0.25, -0.2) is 4.98 Å². The minimum Gasteiger partial charge on any atom is -0.481 e. The van der Waals surface area contributed by atoms with Crippen LogP contribution in [0.2, 0.25) is 4.34 Å². The number of carboxylic acids is 1. The van der Waals surface area contributed by atoms with Crippen LogP contribution in [0.5, 0.6) is 0 Å². The predicted octanol–water partition coefficient (Wildman–Crippen LogP) is 3.09. The zero-order chi connectivity index (χ0) is 11.5. The summed E-state index contributed by atoms with van der Waals surface area (Å²) in [6.07, 6.45) is -0.137. The molecule has 0 aliphatic rings. The number of carbonyl (C=O) groups is 1. The molecule has 16 heavy (non-hydrogen) atoms. The molecule has 0 saturated heterocycles. The molecule has 2 aromatic rings. The first-order chi connectivity index (χ1) is 7.66. The van der Waals surface area contributed by atoms with Gasteiger partial charge in [-0.2, -0.15) is 0 Å². The van der Waals surface area contributed by atoms with E-state index < -0.39 is 5.97 Å². The van der Waals surface area contributed by atoms with E-state index in [1.54, 1.807) is 0 Å². The van der Waals surface area contributed by atoms with E-state index in [0.29, 0.717) is 10.0 Å². The lowest BCUT2D eigenvalue weighted by atomic mass is 10.2. The number of carboxylic acid groups (broad SMARTS) is 1. The van der Waals surface area contributed by atoms with E-state index in [1.807, 2.05) is 30.3 Å². The maximum Gasteiger partial charge on any atom is 0.309 e. The summed E-state index contributed by atoms with van der Waals surface area (Å²) in [5.41, 5.74) is 1.38. The molecular formula is C11H8ClNO2S. The maximum absolute atomic E-state index is 10.6. The van der Waals surface area contributed by atoms with E-state index >= 15 is 0 Å². The number of hydrogen-bond donors (Lipinski definition) is 1. The fraction of sp³-hybridized carbons (Fsp3) is 0.0909. The molecule has 1 aromatic heterocycles. The van der Waals surface area contributed by atoms with Crippen LogP contribution in [-0.4, -0.2) is 16.1 Å². The Morgan fingerprint density at radius 2 is 2.06 bits per heavy atom. The van der Waals surface area contributed by atoms with Gasteiger partial charge in [-0.1, -0.05) is 41.9 Å². The second-order valence-electron chi connectivity index (χ2n) is 3.18. The van der Waals surface area contributed by atoms with Crippen molar-refractivity contribution in [3.63, 3.8) is 0 Å². The van der Waals surface area contributed by atoms with E-state index in [9.17, 15) is 4.79 Å². The summed E-state index contributed by atoms with van der Waals surface area (Å²) >= 11 is 7.23. The summed E-state index contributed by atoms with van der Waals surface area (Å²) in [5.74, 6) is -0.924. The van der Waals surface area contributed by atoms with Crippen LogP contribution in [0.4, 0.5) is 0 Å². The molecule has 0 aliphatic carbocycles. The van der Waals surface area contributed by atoms with Crippen molar-refractivity contribution in [3.05, 3.63) is 40.4 Å². The number of aliphatic carboxylic acids is 1. The van der Waals surface area contributed by atoms with Crippen molar-refractivity contribution in [2.45, 2.75) is 6.42 Å². The van der Waals surface area contributed by atoms with Crippen LogP contribution in [0, 0.1) is 0 Å². The molecule has 1 heterocycles. The van der Waals surface area contributed by atoms with Crippen molar-refractivity contribution in [1.82, 2.24) is 4.98 Å². The minimum absolute atomic E-state index is 0.137. The van der Waals surface area contributed by atoms with Gasteiger partial charge in [0.25, 0.3) is 0 Å². The van der Waals surface area contributed by atoms with Gasteiger partial charge in [0.1, 0.15) is 9.34 Å². The highest BCUT2D eigenvalue weighted by atomic mass is 35.5. The topological polar surface area (TPSA) is 50.2 Å². The SMILES string of the molecule is O=C(O)Cc1nc(-c2ccccc2)sc1Cl. The number of halogens is 1. The zero-order valence-electron chi connectivity index (χ0n) is 8.18. The van der Waals surface area contributed by atoms with Crippen molar-refractivity contribution in [1.29, 1.82) is 0 Å². The average Bonchev–Trinajstić information content (AvgIpc) is 2.61. The van der Waals surface area contributed by atoms with Crippen LogP contribution in [0.3, 0.4) is 0 Å². The number of benzene rings is 1. The predicted molar refractivity (Wildman–Crippen MR) is 63.9 cm³/mol. The summed E-state index contributed by atoms with van der Waals surface area (Å²) in [6, 6.07) is 9.55. The highest BCUT2D eigenvalue weighted by Crippen LogP contribution is 2.31. The Morgan fingerprint density at radius 1 is 1.38 bits per heavy atom. The molecule has 0 spiro atoms.